The number of aromatic hydroxyl groups is 1. The van der Waals surface area contributed by atoms with E-state index in [9.17, 15) is 9.90 Å². The number of benzene rings is 2. The minimum absolute atomic E-state index is 0.243. The molecule has 0 atom stereocenters. The molecule has 138 valence electrons. The minimum Gasteiger partial charge on any atom is -0.508 e. The van der Waals surface area contributed by atoms with Crippen molar-refractivity contribution >= 4 is 35.0 Å². The highest BCUT2D eigenvalue weighted by molar-refractivity contribution is 7.99. The van der Waals surface area contributed by atoms with Crippen molar-refractivity contribution in [3.05, 3.63) is 53.6 Å². The van der Waals surface area contributed by atoms with E-state index < -0.39 is 0 Å². The first-order chi connectivity index (χ1) is 12.6. The van der Waals surface area contributed by atoms with Crippen LogP contribution in [-0.2, 0) is 4.79 Å². The number of amides is 1. The van der Waals surface area contributed by atoms with Crippen LogP contribution in [0.15, 0.2) is 53.4 Å². The van der Waals surface area contributed by atoms with E-state index in [-0.39, 0.29) is 11.7 Å². The van der Waals surface area contributed by atoms with Gasteiger partial charge in [-0.3, -0.25) is 4.79 Å². The molecule has 6 heteroatoms. The maximum atomic E-state index is 12.4. The zero-order valence-electron chi connectivity index (χ0n) is 14.6. The third-order valence-electron chi connectivity index (χ3n) is 4.46. The maximum Gasteiger partial charge on any atom is 0.222 e. The number of rotatable bonds is 6. The topological polar surface area (TPSA) is 43.8 Å². The summed E-state index contributed by atoms with van der Waals surface area (Å²) in [4.78, 5) is 17.8. The summed E-state index contributed by atoms with van der Waals surface area (Å²) in [7, 11) is 0. The number of phenolic OH excluding ortho intramolecular Hbond substituents is 1. The van der Waals surface area contributed by atoms with Crippen LogP contribution < -0.4 is 4.90 Å². The van der Waals surface area contributed by atoms with Crippen LogP contribution in [0.25, 0.3) is 0 Å². The van der Waals surface area contributed by atoms with E-state index in [0.29, 0.717) is 6.42 Å². The van der Waals surface area contributed by atoms with Crippen molar-refractivity contribution in [2.75, 3.05) is 36.8 Å². The van der Waals surface area contributed by atoms with Gasteiger partial charge in [0.15, 0.2) is 0 Å². The molecule has 1 amide bonds. The number of hydrogen-bond donors (Lipinski definition) is 1. The Bertz CT molecular complexity index is 714. The molecule has 0 spiro atoms. The fraction of sp³-hybridized carbons (Fsp3) is 0.350. The number of carbonyl (C=O) groups is 1. The molecule has 1 fully saturated rings. The number of phenols is 1. The molecule has 0 aromatic heterocycles. The SMILES string of the molecule is O=C(CCCSc1ccc(Cl)cc1)N1CCN(c2ccc(O)cc2)CC1. The fourth-order valence-electron chi connectivity index (χ4n) is 2.98. The van der Waals surface area contributed by atoms with E-state index in [0.717, 1.165) is 49.1 Å². The Morgan fingerprint density at radius 2 is 1.65 bits per heavy atom. The number of anilines is 1. The molecule has 0 unspecified atom stereocenters. The Morgan fingerprint density at radius 3 is 2.31 bits per heavy atom. The van der Waals surface area contributed by atoms with E-state index in [4.69, 9.17) is 11.6 Å². The average molecular weight is 391 g/mol. The quantitative estimate of drug-likeness (QED) is 0.591. The molecule has 1 heterocycles. The molecular formula is C20H23ClN2O2S. The highest BCUT2D eigenvalue weighted by Crippen LogP contribution is 2.22. The summed E-state index contributed by atoms with van der Waals surface area (Å²) in [5, 5.41) is 10.1. The van der Waals surface area contributed by atoms with Gasteiger partial charge in [-0.2, -0.15) is 0 Å². The largest absolute Gasteiger partial charge is 0.508 e. The Kier molecular flexibility index (Phi) is 6.69. The van der Waals surface area contributed by atoms with Crippen molar-refractivity contribution in [3.63, 3.8) is 0 Å². The first-order valence-electron chi connectivity index (χ1n) is 8.82. The van der Waals surface area contributed by atoms with Crippen LogP contribution in [0.3, 0.4) is 0 Å². The molecule has 1 saturated heterocycles. The van der Waals surface area contributed by atoms with Crippen molar-refractivity contribution in [1.29, 1.82) is 0 Å². The predicted octanol–water partition coefficient (Wildman–Crippen LogP) is 4.27. The molecule has 1 N–H and O–H groups in total. The normalized spacial score (nSPS) is 14.5. The molecule has 1 aliphatic rings. The van der Waals surface area contributed by atoms with Crippen LogP contribution in [-0.4, -0.2) is 47.8 Å². The summed E-state index contributed by atoms with van der Waals surface area (Å²) < 4.78 is 0. The van der Waals surface area contributed by atoms with Gasteiger partial charge >= 0.3 is 0 Å². The van der Waals surface area contributed by atoms with Crippen LogP contribution in [0.2, 0.25) is 5.02 Å². The summed E-state index contributed by atoms with van der Waals surface area (Å²) in [5.74, 6) is 1.45. The van der Waals surface area contributed by atoms with Gasteiger partial charge in [0.05, 0.1) is 0 Å². The third kappa shape index (κ3) is 5.32. The second-order valence-electron chi connectivity index (χ2n) is 6.29. The van der Waals surface area contributed by atoms with Gasteiger partial charge in [0.2, 0.25) is 5.91 Å². The van der Waals surface area contributed by atoms with Crippen LogP contribution in [0, 0.1) is 0 Å². The van der Waals surface area contributed by atoms with Crippen molar-refractivity contribution < 1.29 is 9.90 Å². The summed E-state index contributed by atoms with van der Waals surface area (Å²) >= 11 is 7.64. The minimum atomic E-state index is 0.243. The summed E-state index contributed by atoms with van der Waals surface area (Å²) in [5.41, 5.74) is 1.09. The number of thioether (sulfide) groups is 1. The van der Waals surface area contributed by atoms with Crippen LogP contribution in [0.5, 0.6) is 5.75 Å². The van der Waals surface area contributed by atoms with E-state index >= 15 is 0 Å². The number of hydrogen-bond acceptors (Lipinski definition) is 4. The lowest BCUT2D eigenvalue weighted by Crippen LogP contribution is -2.48. The van der Waals surface area contributed by atoms with Crippen LogP contribution in [0.1, 0.15) is 12.8 Å². The Hall–Kier alpha value is -1.85. The Balaban J connectivity index is 1.37. The average Bonchev–Trinajstić information content (AvgIpc) is 2.67. The zero-order chi connectivity index (χ0) is 18.4. The molecule has 2 aromatic carbocycles. The lowest BCUT2D eigenvalue weighted by Gasteiger charge is -2.36. The maximum absolute atomic E-state index is 12.4. The molecule has 3 rings (SSSR count). The predicted molar refractivity (Wildman–Crippen MR) is 108 cm³/mol. The van der Waals surface area contributed by atoms with E-state index in [1.165, 1.54) is 4.90 Å². The molecule has 0 radical (unpaired) electrons. The monoisotopic (exact) mass is 390 g/mol. The van der Waals surface area contributed by atoms with Gasteiger partial charge in [-0.05, 0) is 60.7 Å². The van der Waals surface area contributed by atoms with E-state index in [1.807, 2.05) is 41.3 Å². The van der Waals surface area contributed by atoms with Crippen molar-refractivity contribution in [2.24, 2.45) is 0 Å². The number of nitrogens with zero attached hydrogens (tertiary/aromatic N) is 2. The molecule has 26 heavy (non-hydrogen) atoms. The lowest BCUT2D eigenvalue weighted by molar-refractivity contribution is -0.131. The fourth-order valence-corrected chi connectivity index (χ4v) is 3.96. The molecule has 0 saturated carbocycles. The van der Waals surface area contributed by atoms with Gasteiger partial charge in [0.1, 0.15) is 5.75 Å². The van der Waals surface area contributed by atoms with Gasteiger partial charge < -0.3 is 14.9 Å². The smallest absolute Gasteiger partial charge is 0.222 e. The van der Waals surface area contributed by atoms with Gasteiger partial charge in [0.25, 0.3) is 0 Å². The van der Waals surface area contributed by atoms with Gasteiger partial charge in [0, 0.05) is 48.2 Å². The molecule has 1 aliphatic heterocycles. The molecular weight excluding hydrogens is 368 g/mol. The van der Waals surface area contributed by atoms with Crippen LogP contribution in [0.4, 0.5) is 5.69 Å². The van der Waals surface area contributed by atoms with Crippen LogP contribution >= 0.6 is 23.4 Å². The molecule has 4 nitrogen and oxygen atoms in total. The first kappa shape index (κ1) is 18.9. The number of halogens is 1. The summed E-state index contributed by atoms with van der Waals surface area (Å²) in [6.45, 7) is 3.17. The Labute approximate surface area is 163 Å². The first-order valence-corrected chi connectivity index (χ1v) is 10.2. The second kappa shape index (κ2) is 9.19. The van der Waals surface area contributed by atoms with E-state index in [1.54, 1.807) is 23.9 Å². The second-order valence-corrected chi connectivity index (χ2v) is 7.89. The van der Waals surface area contributed by atoms with Crippen molar-refractivity contribution in [3.8, 4) is 5.75 Å². The third-order valence-corrected chi connectivity index (χ3v) is 5.81. The van der Waals surface area contributed by atoms with Gasteiger partial charge in [-0.15, -0.1) is 11.8 Å². The highest BCUT2D eigenvalue weighted by Gasteiger charge is 2.20. The van der Waals surface area contributed by atoms with Crippen molar-refractivity contribution in [1.82, 2.24) is 4.90 Å². The highest BCUT2D eigenvalue weighted by atomic mass is 35.5. The molecule has 2 aromatic rings. The molecule has 0 bridgehead atoms. The lowest BCUT2D eigenvalue weighted by atomic mass is 10.2. The zero-order valence-corrected chi connectivity index (χ0v) is 16.2. The summed E-state index contributed by atoms with van der Waals surface area (Å²) in [6, 6.07) is 15.0. The van der Waals surface area contributed by atoms with Crippen molar-refractivity contribution in [2.45, 2.75) is 17.7 Å². The molecule has 0 aliphatic carbocycles. The van der Waals surface area contributed by atoms with E-state index in [2.05, 4.69) is 4.90 Å². The van der Waals surface area contributed by atoms with Gasteiger partial charge in [-0.1, -0.05) is 11.6 Å². The Morgan fingerprint density at radius 1 is 1.00 bits per heavy atom. The van der Waals surface area contributed by atoms with Gasteiger partial charge in [-0.25, -0.2) is 0 Å². The number of piperazine rings is 1. The number of carbonyl (C=O) groups excluding carboxylic acids is 1. The standard InChI is InChI=1S/C20H23ClN2O2S/c21-16-3-9-19(10-4-16)26-15-1-2-20(25)23-13-11-22(12-14-23)17-5-7-18(24)8-6-17/h3-10,24H,1-2,11-15H2. The summed E-state index contributed by atoms with van der Waals surface area (Å²) in [6.07, 6.45) is 1.48.